The molecule has 0 fully saturated rings. The van der Waals surface area contributed by atoms with Crippen molar-refractivity contribution in [2.45, 2.75) is 31.8 Å². The molecule has 5 rings (SSSR count). The second-order valence-electron chi connectivity index (χ2n) is 8.69. The molecule has 0 radical (unpaired) electrons. The number of aliphatic hydroxyl groups excluding tert-OH is 1. The number of nitrogens with one attached hydrogen (secondary N) is 1. The highest BCUT2D eigenvalue weighted by Gasteiger charge is 2.31. The SMILES string of the molecule is O=C(Nc1ccccc1O)C1=CC(c2coc3ccccc3c2=O)CC(OCc2ccc(CO)cc2)O1. The van der Waals surface area contributed by atoms with Crippen LogP contribution in [-0.4, -0.2) is 22.4 Å². The summed E-state index contributed by atoms with van der Waals surface area (Å²) < 4.78 is 17.6. The van der Waals surface area contributed by atoms with Gasteiger partial charge in [0.05, 0.1) is 30.6 Å². The highest BCUT2D eigenvalue weighted by molar-refractivity contribution is 6.03. The van der Waals surface area contributed by atoms with Crippen molar-refractivity contribution in [3.63, 3.8) is 0 Å². The third-order valence-electron chi connectivity index (χ3n) is 6.18. The molecule has 1 aromatic heterocycles. The van der Waals surface area contributed by atoms with Crippen molar-refractivity contribution < 1.29 is 28.9 Å². The Kier molecular flexibility index (Phi) is 7.02. The van der Waals surface area contributed by atoms with Crippen LogP contribution in [0.4, 0.5) is 5.69 Å². The molecule has 0 saturated carbocycles. The topological polar surface area (TPSA) is 118 Å². The van der Waals surface area contributed by atoms with E-state index in [-0.39, 0.29) is 42.3 Å². The van der Waals surface area contributed by atoms with E-state index in [4.69, 9.17) is 13.9 Å². The first-order chi connectivity index (χ1) is 18.0. The first kappa shape index (κ1) is 24.3. The summed E-state index contributed by atoms with van der Waals surface area (Å²) in [6.07, 6.45) is 2.45. The minimum atomic E-state index is -0.830. The summed E-state index contributed by atoms with van der Waals surface area (Å²) in [4.78, 5) is 26.3. The van der Waals surface area contributed by atoms with Gasteiger partial charge in [-0.15, -0.1) is 0 Å². The Morgan fingerprint density at radius 2 is 1.73 bits per heavy atom. The predicted octanol–water partition coefficient (Wildman–Crippen LogP) is 4.56. The van der Waals surface area contributed by atoms with Gasteiger partial charge in [-0.3, -0.25) is 9.59 Å². The van der Waals surface area contributed by atoms with Crippen LogP contribution in [0, 0.1) is 0 Å². The van der Waals surface area contributed by atoms with Crippen molar-refractivity contribution in [3.05, 3.63) is 118 Å². The molecule has 0 aliphatic carbocycles. The zero-order chi connectivity index (χ0) is 25.8. The third-order valence-corrected chi connectivity index (χ3v) is 6.18. The fourth-order valence-electron chi connectivity index (χ4n) is 4.18. The number of fused-ring (bicyclic) bond motifs is 1. The zero-order valence-electron chi connectivity index (χ0n) is 19.8. The van der Waals surface area contributed by atoms with Gasteiger partial charge in [-0.1, -0.05) is 48.5 Å². The van der Waals surface area contributed by atoms with Crippen molar-refractivity contribution in [2.75, 3.05) is 5.32 Å². The summed E-state index contributed by atoms with van der Waals surface area (Å²) in [6, 6.07) is 20.6. The molecule has 3 aromatic carbocycles. The molecular weight excluding hydrogens is 474 g/mol. The van der Waals surface area contributed by atoms with Crippen molar-refractivity contribution in [3.8, 4) is 5.75 Å². The molecule has 1 amide bonds. The Balaban J connectivity index is 1.43. The van der Waals surface area contributed by atoms with Crippen LogP contribution in [0.25, 0.3) is 11.0 Å². The van der Waals surface area contributed by atoms with Gasteiger partial charge in [0.25, 0.3) is 5.91 Å². The van der Waals surface area contributed by atoms with Crippen LogP contribution in [-0.2, 0) is 27.5 Å². The van der Waals surface area contributed by atoms with Crippen LogP contribution < -0.4 is 10.7 Å². The molecule has 2 atom stereocenters. The van der Waals surface area contributed by atoms with Gasteiger partial charge in [-0.2, -0.15) is 0 Å². The smallest absolute Gasteiger partial charge is 0.290 e. The molecule has 1 aliphatic heterocycles. The van der Waals surface area contributed by atoms with E-state index in [0.717, 1.165) is 11.1 Å². The number of phenolic OH excluding ortho intramolecular Hbond substituents is 1. The minimum absolute atomic E-state index is 0.0345. The van der Waals surface area contributed by atoms with Crippen LogP contribution in [0.1, 0.15) is 29.0 Å². The Morgan fingerprint density at radius 1 is 1.00 bits per heavy atom. The van der Waals surface area contributed by atoms with Crippen LogP contribution in [0.3, 0.4) is 0 Å². The number of anilines is 1. The Bertz CT molecular complexity index is 1510. The number of rotatable bonds is 7. The number of carbonyl (C=O) groups is 1. The number of benzene rings is 3. The average Bonchev–Trinajstić information content (AvgIpc) is 2.93. The van der Waals surface area contributed by atoms with Crippen molar-refractivity contribution in [2.24, 2.45) is 0 Å². The molecule has 0 spiro atoms. The lowest BCUT2D eigenvalue weighted by molar-refractivity contribution is -0.147. The van der Waals surface area contributed by atoms with Crippen molar-refractivity contribution in [1.29, 1.82) is 0 Å². The molecule has 8 heteroatoms. The number of amides is 1. The van der Waals surface area contributed by atoms with E-state index in [0.29, 0.717) is 16.5 Å². The number of aliphatic hydroxyl groups is 1. The Labute approximate surface area is 212 Å². The highest BCUT2D eigenvalue weighted by atomic mass is 16.7. The number of hydrogen-bond donors (Lipinski definition) is 3. The van der Waals surface area contributed by atoms with Crippen LogP contribution >= 0.6 is 0 Å². The molecule has 2 heterocycles. The molecule has 4 aromatic rings. The van der Waals surface area contributed by atoms with Gasteiger partial charge >= 0.3 is 0 Å². The maximum atomic E-state index is 13.3. The predicted molar refractivity (Wildman–Crippen MR) is 137 cm³/mol. The summed E-state index contributed by atoms with van der Waals surface area (Å²) in [5.41, 5.74) is 2.54. The molecule has 8 nitrogen and oxygen atoms in total. The van der Waals surface area contributed by atoms with Gasteiger partial charge in [0.1, 0.15) is 11.3 Å². The van der Waals surface area contributed by atoms with Crippen molar-refractivity contribution >= 4 is 22.6 Å². The van der Waals surface area contributed by atoms with E-state index in [2.05, 4.69) is 5.32 Å². The Morgan fingerprint density at radius 3 is 2.51 bits per heavy atom. The first-order valence-corrected chi connectivity index (χ1v) is 11.8. The maximum absolute atomic E-state index is 13.3. The van der Waals surface area contributed by atoms with Crippen molar-refractivity contribution in [1.82, 2.24) is 0 Å². The number of para-hydroxylation sites is 3. The molecule has 1 aliphatic rings. The van der Waals surface area contributed by atoms with E-state index < -0.39 is 18.1 Å². The second kappa shape index (κ2) is 10.7. The van der Waals surface area contributed by atoms with E-state index >= 15 is 0 Å². The van der Waals surface area contributed by atoms with Crippen LogP contribution in [0.2, 0.25) is 0 Å². The second-order valence-corrected chi connectivity index (χ2v) is 8.69. The van der Waals surface area contributed by atoms with Crippen LogP contribution in [0.5, 0.6) is 5.75 Å². The maximum Gasteiger partial charge on any atom is 0.290 e. The minimum Gasteiger partial charge on any atom is -0.506 e. The van der Waals surface area contributed by atoms with E-state index in [1.807, 2.05) is 12.1 Å². The van der Waals surface area contributed by atoms with Gasteiger partial charge in [0, 0.05) is 17.9 Å². The number of carbonyl (C=O) groups excluding carboxylic acids is 1. The van der Waals surface area contributed by atoms with E-state index in [1.54, 1.807) is 60.7 Å². The fraction of sp³-hybridized carbons (Fsp3) is 0.172. The number of ether oxygens (including phenoxy) is 2. The monoisotopic (exact) mass is 499 g/mol. The van der Waals surface area contributed by atoms with Gasteiger partial charge in [-0.25, -0.2) is 0 Å². The molecule has 2 unspecified atom stereocenters. The molecule has 0 saturated heterocycles. The van der Waals surface area contributed by atoms with Gasteiger partial charge < -0.3 is 29.4 Å². The molecular formula is C29H25NO7. The standard InChI is InChI=1S/C29H25NO7/c31-15-18-9-11-19(12-10-18)16-36-27-14-20(22-17-35-25-8-4-1-5-21(25)28(22)33)13-26(37-27)29(34)30-23-6-2-3-7-24(23)32/h1-13,17,20,27,31-32H,14-16H2,(H,30,34). The number of allylic oxidation sites excluding steroid dienone is 1. The average molecular weight is 500 g/mol. The number of hydrogen-bond acceptors (Lipinski definition) is 7. The van der Waals surface area contributed by atoms with Gasteiger partial charge in [0.2, 0.25) is 6.29 Å². The zero-order valence-corrected chi connectivity index (χ0v) is 19.8. The lowest BCUT2D eigenvalue weighted by Crippen LogP contribution is -2.30. The van der Waals surface area contributed by atoms with Gasteiger partial charge in [-0.05, 0) is 41.5 Å². The molecule has 0 bridgehead atoms. The lowest BCUT2D eigenvalue weighted by atomic mass is 9.93. The normalized spacial score (nSPS) is 17.2. The number of phenols is 1. The summed E-state index contributed by atoms with van der Waals surface area (Å²) in [7, 11) is 0. The Hall–Kier alpha value is -4.40. The van der Waals surface area contributed by atoms with Crippen LogP contribution in [0.15, 0.2) is 100 Å². The largest absolute Gasteiger partial charge is 0.506 e. The summed E-state index contributed by atoms with van der Waals surface area (Å²) in [6.45, 7) is 0.146. The van der Waals surface area contributed by atoms with Gasteiger partial charge in [0.15, 0.2) is 11.2 Å². The summed E-state index contributed by atoms with van der Waals surface area (Å²) >= 11 is 0. The fourth-order valence-corrected chi connectivity index (χ4v) is 4.18. The molecule has 3 N–H and O–H groups in total. The first-order valence-electron chi connectivity index (χ1n) is 11.8. The molecule has 188 valence electrons. The number of aromatic hydroxyl groups is 1. The third kappa shape index (κ3) is 5.40. The highest BCUT2D eigenvalue weighted by Crippen LogP contribution is 2.32. The van der Waals surface area contributed by atoms with E-state index in [1.165, 1.54) is 12.3 Å². The van der Waals surface area contributed by atoms with E-state index in [9.17, 15) is 19.8 Å². The molecule has 37 heavy (non-hydrogen) atoms. The summed E-state index contributed by atoms with van der Waals surface area (Å²) in [5.74, 6) is -1.22. The lowest BCUT2D eigenvalue weighted by Gasteiger charge is -2.29. The summed E-state index contributed by atoms with van der Waals surface area (Å²) in [5, 5.41) is 22.4. The quantitative estimate of drug-likeness (QED) is 0.319.